The lowest BCUT2D eigenvalue weighted by atomic mass is 9.99. The van der Waals surface area contributed by atoms with E-state index >= 15 is 0 Å². The van der Waals surface area contributed by atoms with E-state index in [0.717, 1.165) is 51.4 Å². The number of unbranched alkanes of at least 4 members (excludes halogenated alkanes) is 12. The summed E-state index contributed by atoms with van der Waals surface area (Å²) in [6, 6.07) is -0.887. The van der Waals surface area contributed by atoms with Crippen LogP contribution in [-0.2, 0) is 14.3 Å². The average Bonchev–Trinajstić information content (AvgIpc) is 3.22. The van der Waals surface area contributed by atoms with Crippen molar-refractivity contribution in [3.8, 4) is 0 Å². The van der Waals surface area contributed by atoms with Gasteiger partial charge >= 0.3 is 0 Å². The number of hydrogen-bond donors (Lipinski definition) is 6. The second-order valence-corrected chi connectivity index (χ2v) is 15.1. The van der Waals surface area contributed by atoms with Crippen LogP contribution >= 0.6 is 0 Å². The third kappa shape index (κ3) is 28.5. The van der Waals surface area contributed by atoms with E-state index in [0.29, 0.717) is 12.8 Å². The van der Waals surface area contributed by atoms with Gasteiger partial charge in [-0.2, -0.15) is 0 Å². The minimum absolute atomic E-state index is 0.0970. The van der Waals surface area contributed by atoms with Crippen LogP contribution in [0.2, 0.25) is 0 Å². The molecule has 0 spiro atoms. The molecule has 1 aliphatic rings. The lowest BCUT2D eigenvalue weighted by molar-refractivity contribution is -0.302. The van der Waals surface area contributed by atoms with E-state index in [4.69, 9.17) is 9.47 Å². The van der Waals surface area contributed by atoms with Crippen molar-refractivity contribution in [1.29, 1.82) is 0 Å². The maximum absolute atomic E-state index is 12.9. The number of carbonyl (C=O) groups excluding carboxylic acids is 1. The summed E-state index contributed by atoms with van der Waals surface area (Å²) in [7, 11) is 0. The second kappa shape index (κ2) is 38.3. The van der Waals surface area contributed by atoms with Crippen LogP contribution < -0.4 is 5.32 Å². The highest BCUT2D eigenvalue weighted by molar-refractivity contribution is 5.77. The topological polar surface area (TPSA) is 149 Å². The second-order valence-electron chi connectivity index (χ2n) is 15.1. The van der Waals surface area contributed by atoms with Gasteiger partial charge in [0.2, 0.25) is 5.91 Å². The molecule has 0 aliphatic carbocycles. The van der Waals surface area contributed by atoms with Gasteiger partial charge < -0.3 is 40.3 Å². The molecular weight excluding hydrogens is 731 g/mol. The first kappa shape index (κ1) is 53.1. The third-order valence-electron chi connectivity index (χ3n) is 9.90. The number of aliphatic hydroxyl groups excluding tert-OH is 5. The maximum Gasteiger partial charge on any atom is 0.224 e. The molecule has 6 N–H and O–H groups in total. The first-order valence-electron chi connectivity index (χ1n) is 22.5. The molecule has 9 heteroatoms. The SMILES string of the molecule is CC/C=C\C/C=C\C/C=C\C/C=C\C/C=C\CC(=O)NC(COC1OC(CO)C(O)C(O)C1O)C(O)/C=C/CC/C=C/CC/C=C/CCCCCCCCCCCC. The van der Waals surface area contributed by atoms with Crippen molar-refractivity contribution >= 4 is 5.91 Å². The zero-order valence-electron chi connectivity index (χ0n) is 36.0. The molecule has 9 nitrogen and oxygen atoms in total. The minimum atomic E-state index is -1.59. The Morgan fingerprint density at radius 3 is 1.62 bits per heavy atom. The predicted octanol–water partition coefficient (Wildman–Crippen LogP) is 9.33. The van der Waals surface area contributed by atoms with Gasteiger partial charge in [-0.1, -0.05) is 169 Å². The smallest absolute Gasteiger partial charge is 0.224 e. The Balaban J connectivity index is 2.48. The Morgan fingerprint density at radius 2 is 1.09 bits per heavy atom. The molecule has 0 aromatic rings. The van der Waals surface area contributed by atoms with E-state index in [1.165, 1.54) is 64.2 Å². The summed E-state index contributed by atoms with van der Waals surface area (Å²) in [5.41, 5.74) is 0. The van der Waals surface area contributed by atoms with Crippen LogP contribution in [0.4, 0.5) is 0 Å². The number of rotatable bonds is 35. The molecule has 0 saturated carbocycles. The highest BCUT2D eigenvalue weighted by Gasteiger charge is 2.44. The Bertz CT molecular complexity index is 1220. The van der Waals surface area contributed by atoms with Gasteiger partial charge in [-0.3, -0.25) is 4.79 Å². The van der Waals surface area contributed by atoms with Crippen LogP contribution in [-0.4, -0.2) is 87.5 Å². The van der Waals surface area contributed by atoms with E-state index < -0.39 is 49.5 Å². The van der Waals surface area contributed by atoms with E-state index in [1.54, 1.807) is 12.2 Å². The predicted molar refractivity (Wildman–Crippen MR) is 239 cm³/mol. The van der Waals surface area contributed by atoms with Gasteiger partial charge in [0.1, 0.15) is 24.4 Å². The normalized spacial score (nSPS) is 21.8. The van der Waals surface area contributed by atoms with Crippen molar-refractivity contribution in [2.24, 2.45) is 0 Å². The van der Waals surface area contributed by atoms with Crippen molar-refractivity contribution in [2.45, 2.75) is 192 Å². The fourth-order valence-corrected chi connectivity index (χ4v) is 6.31. The Labute approximate surface area is 352 Å². The Kier molecular flexibility index (Phi) is 35.1. The van der Waals surface area contributed by atoms with Crippen LogP contribution in [0.5, 0.6) is 0 Å². The molecule has 7 atom stereocenters. The maximum atomic E-state index is 12.9. The first-order valence-corrected chi connectivity index (χ1v) is 22.5. The number of amides is 1. The van der Waals surface area contributed by atoms with Crippen LogP contribution in [0.3, 0.4) is 0 Å². The molecule has 1 saturated heterocycles. The lowest BCUT2D eigenvalue weighted by Gasteiger charge is -2.40. The fourth-order valence-electron chi connectivity index (χ4n) is 6.31. The van der Waals surface area contributed by atoms with Crippen molar-refractivity contribution in [3.05, 3.63) is 97.2 Å². The molecule has 0 radical (unpaired) electrons. The van der Waals surface area contributed by atoms with Crippen LogP contribution in [0.25, 0.3) is 0 Å². The van der Waals surface area contributed by atoms with Gasteiger partial charge in [-0.15, -0.1) is 0 Å². The zero-order chi connectivity index (χ0) is 42.3. The molecule has 7 unspecified atom stereocenters. The summed E-state index contributed by atoms with van der Waals surface area (Å²) in [5, 5.41) is 54.0. The van der Waals surface area contributed by atoms with E-state index in [2.05, 4.69) is 86.0 Å². The average molecular weight is 812 g/mol. The number of aliphatic hydroxyl groups is 5. The van der Waals surface area contributed by atoms with Crippen LogP contribution in [0.1, 0.15) is 149 Å². The van der Waals surface area contributed by atoms with Gasteiger partial charge in [-0.25, -0.2) is 0 Å². The number of carbonyl (C=O) groups is 1. The Hall–Kier alpha value is -2.89. The number of hydrogen-bond acceptors (Lipinski definition) is 8. The van der Waals surface area contributed by atoms with E-state index in [9.17, 15) is 30.3 Å². The number of nitrogens with one attached hydrogen (secondary N) is 1. The molecule has 0 aromatic heterocycles. The van der Waals surface area contributed by atoms with Crippen molar-refractivity contribution in [1.82, 2.24) is 5.32 Å². The third-order valence-corrected chi connectivity index (χ3v) is 9.90. The van der Waals surface area contributed by atoms with Gasteiger partial charge in [0.05, 0.1) is 25.4 Å². The van der Waals surface area contributed by atoms with Crippen molar-refractivity contribution < 1.29 is 39.8 Å². The highest BCUT2D eigenvalue weighted by Crippen LogP contribution is 2.22. The molecule has 0 aromatic carbocycles. The summed E-state index contributed by atoms with van der Waals surface area (Å²) < 4.78 is 11.1. The molecule has 1 fully saturated rings. The summed E-state index contributed by atoms with van der Waals surface area (Å²) >= 11 is 0. The molecule has 0 bridgehead atoms. The summed E-state index contributed by atoms with van der Waals surface area (Å²) in [4.78, 5) is 12.9. The summed E-state index contributed by atoms with van der Waals surface area (Å²) in [5.74, 6) is -0.322. The zero-order valence-corrected chi connectivity index (χ0v) is 36.0. The monoisotopic (exact) mass is 812 g/mol. The van der Waals surface area contributed by atoms with Crippen LogP contribution in [0, 0.1) is 0 Å². The summed E-state index contributed by atoms with van der Waals surface area (Å²) in [6.45, 7) is 3.55. The highest BCUT2D eigenvalue weighted by atomic mass is 16.7. The Morgan fingerprint density at radius 1 is 0.603 bits per heavy atom. The number of allylic oxidation sites excluding steroid dienone is 14. The largest absolute Gasteiger partial charge is 0.394 e. The molecule has 58 heavy (non-hydrogen) atoms. The molecular formula is C49H81NO8. The van der Waals surface area contributed by atoms with Gasteiger partial charge in [0.15, 0.2) is 6.29 Å². The number of ether oxygens (including phenoxy) is 2. The summed E-state index contributed by atoms with van der Waals surface area (Å²) in [6.07, 6.45) is 47.6. The lowest BCUT2D eigenvalue weighted by Crippen LogP contribution is -2.60. The van der Waals surface area contributed by atoms with E-state index in [1.807, 2.05) is 18.2 Å². The van der Waals surface area contributed by atoms with Gasteiger partial charge in [-0.05, 0) is 70.6 Å². The van der Waals surface area contributed by atoms with E-state index in [-0.39, 0.29) is 18.9 Å². The van der Waals surface area contributed by atoms with Gasteiger partial charge in [0, 0.05) is 6.42 Å². The van der Waals surface area contributed by atoms with Gasteiger partial charge in [0.25, 0.3) is 0 Å². The molecule has 1 heterocycles. The molecule has 1 rings (SSSR count). The fraction of sp³-hybridized carbons (Fsp3) is 0.653. The molecule has 1 aliphatic heterocycles. The van der Waals surface area contributed by atoms with Crippen molar-refractivity contribution in [2.75, 3.05) is 13.2 Å². The van der Waals surface area contributed by atoms with Crippen LogP contribution in [0.15, 0.2) is 97.2 Å². The quantitative estimate of drug-likeness (QED) is 0.0274. The molecule has 330 valence electrons. The van der Waals surface area contributed by atoms with Crippen molar-refractivity contribution in [3.63, 3.8) is 0 Å². The standard InChI is InChI=1S/C49H81NO8/c1-3-5-7-9-11-13-15-17-19-20-21-22-23-25-26-28-30-32-34-36-38-43(52)42(41-57-49-48(56)47(55)46(54)44(40-51)58-49)50-45(53)39-37-35-33-31-29-27-24-18-16-14-12-10-8-6-4-2/h6,8,12,14,18,22-24,28-31,35-38,42-44,46-49,51-52,54-56H,3-5,7,9-11,13,15-17,19-21,25-27,32-34,39-41H2,1-2H3,(H,50,53)/b8-6-,14-12-,23-22+,24-18-,30-28+,31-29-,37-35-,38-36+. The molecule has 1 amide bonds. The minimum Gasteiger partial charge on any atom is -0.394 e. The first-order chi connectivity index (χ1) is 28.3.